The lowest BCUT2D eigenvalue weighted by molar-refractivity contribution is -0.129. The van der Waals surface area contributed by atoms with Crippen LogP contribution in [0.2, 0.25) is 0 Å². The molecule has 0 spiro atoms. The van der Waals surface area contributed by atoms with Crippen LogP contribution >= 0.6 is 0 Å². The van der Waals surface area contributed by atoms with Crippen molar-refractivity contribution >= 4 is 11.9 Å². The van der Waals surface area contributed by atoms with Gasteiger partial charge in [0, 0.05) is 18.8 Å². The summed E-state index contributed by atoms with van der Waals surface area (Å²) in [4.78, 5) is 22.9. The molecule has 0 aliphatic carbocycles. The first-order chi connectivity index (χ1) is 14.4. The summed E-state index contributed by atoms with van der Waals surface area (Å²) in [5.41, 5.74) is 6.32. The molecule has 0 saturated heterocycles. The molecule has 152 valence electrons. The molecule has 30 heavy (non-hydrogen) atoms. The number of amides is 1. The van der Waals surface area contributed by atoms with Crippen LogP contribution in [0.25, 0.3) is 11.1 Å². The Morgan fingerprint density at radius 3 is 2.43 bits per heavy atom. The second-order valence-electron chi connectivity index (χ2n) is 6.95. The van der Waals surface area contributed by atoms with Gasteiger partial charge < -0.3 is 10.8 Å². The first-order valence-corrected chi connectivity index (χ1v) is 9.11. The number of likely N-dealkylation sites (N-methyl/N-ethyl adjacent to an activating group) is 1. The summed E-state index contributed by atoms with van der Waals surface area (Å²) < 4.78 is 26.6. The summed E-state index contributed by atoms with van der Waals surface area (Å²) >= 11 is 0. The predicted octanol–water partition coefficient (Wildman–Crippen LogP) is 3.09. The number of carbonyl (C=O) groups excluding carboxylic acids is 1. The lowest BCUT2D eigenvalue weighted by Gasteiger charge is -2.27. The maximum absolute atomic E-state index is 13.3. The van der Waals surface area contributed by atoms with Crippen molar-refractivity contribution < 1.29 is 18.7 Å². The summed E-state index contributed by atoms with van der Waals surface area (Å²) in [6, 6.07) is 13.2. The molecule has 2 aromatic carbocycles. The van der Waals surface area contributed by atoms with E-state index in [1.165, 1.54) is 54.5 Å². The van der Waals surface area contributed by atoms with E-state index in [-0.39, 0.29) is 17.4 Å². The lowest BCUT2D eigenvalue weighted by Crippen LogP contribution is -2.41. The number of hydrogen-bond donors (Lipinski definition) is 2. The highest BCUT2D eigenvalue weighted by Gasteiger charge is 2.49. The Bertz CT molecular complexity index is 1160. The van der Waals surface area contributed by atoms with E-state index in [0.29, 0.717) is 22.3 Å². The Balaban J connectivity index is 1.96. The first kappa shape index (κ1) is 19.5. The van der Waals surface area contributed by atoms with Gasteiger partial charge in [0.25, 0.3) is 5.91 Å². The van der Waals surface area contributed by atoms with Crippen LogP contribution in [0.3, 0.4) is 0 Å². The van der Waals surface area contributed by atoms with Crippen LogP contribution in [0.5, 0.6) is 5.75 Å². The standard InChI is InChI=1S/C22H18F2N4O2/c1-28-20(30)22(27-21(28)25,15-8-9-26-17(10-15)12-23)14-4-7-19(29)18(11-14)13-2-5-16(24)6-3-13/h2-11,29H,12H2,1H3,(H2,25,27). The van der Waals surface area contributed by atoms with Crippen LogP contribution in [0.1, 0.15) is 16.8 Å². The highest BCUT2D eigenvalue weighted by molar-refractivity contribution is 6.09. The number of rotatable bonds is 4. The first-order valence-electron chi connectivity index (χ1n) is 9.11. The van der Waals surface area contributed by atoms with Crippen LogP contribution in [0.4, 0.5) is 8.78 Å². The number of aliphatic imine (C=N–C) groups is 1. The van der Waals surface area contributed by atoms with Gasteiger partial charge in [0.1, 0.15) is 18.2 Å². The molecule has 0 radical (unpaired) electrons. The molecule has 2 heterocycles. The molecule has 1 amide bonds. The van der Waals surface area contributed by atoms with Gasteiger partial charge >= 0.3 is 0 Å². The van der Waals surface area contributed by atoms with E-state index >= 15 is 0 Å². The molecule has 3 aromatic rings. The fourth-order valence-electron chi connectivity index (χ4n) is 3.58. The van der Waals surface area contributed by atoms with Crippen molar-refractivity contribution in [2.24, 2.45) is 10.7 Å². The Labute approximate surface area is 171 Å². The van der Waals surface area contributed by atoms with Crippen LogP contribution in [0, 0.1) is 5.82 Å². The fraction of sp³-hybridized carbons (Fsp3) is 0.136. The minimum absolute atomic E-state index is 0.00928. The molecular weight excluding hydrogens is 390 g/mol. The van der Waals surface area contributed by atoms with E-state index in [4.69, 9.17) is 5.73 Å². The smallest absolute Gasteiger partial charge is 0.266 e. The van der Waals surface area contributed by atoms with Gasteiger partial charge in [0.2, 0.25) is 0 Å². The fourth-order valence-corrected chi connectivity index (χ4v) is 3.58. The maximum atomic E-state index is 13.3. The van der Waals surface area contributed by atoms with E-state index < -0.39 is 23.9 Å². The number of pyridine rings is 1. The predicted molar refractivity (Wildman–Crippen MR) is 108 cm³/mol. The second-order valence-corrected chi connectivity index (χ2v) is 6.95. The minimum atomic E-state index is -1.56. The zero-order valence-electron chi connectivity index (χ0n) is 16.0. The highest BCUT2D eigenvalue weighted by Crippen LogP contribution is 2.42. The molecule has 1 aliphatic rings. The van der Waals surface area contributed by atoms with Gasteiger partial charge in [-0.1, -0.05) is 18.2 Å². The molecule has 3 N–H and O–H groups in total. The normalized spacial score (nSPS) is 18.6. The van der Waals surface area contributed by atoms with Crippen molar-refractivity contribution in [2.45, 2.75) is 12.2 Å². The number of phenols is 1. The molecule has 1 aliphatic heterocycles. The summed E-state index contributed by atoms with van der Waals surface area (Å²) in [5.74, 6) is -0.872. The van der Waals surface area contributed by atoms with E-state index in [1.807, 2.05) is 0 Å². The van der Waals surface area contributed by atoms with Crippen molar-refractivity contribution in [3.8, 4) is 16.9 Å². The molecule has 8 heteroatoms. The van der Waals surface area contributed by atoms with Gasteiger partial charge in [-0.05, 0) is 53.1 Å². The number of nitrogens with two attached hydrogens (primary N) is 1. The average Bonchev–Trinajstić information content (AvgIpc) is 2.99. The van der Waals surface area contributed by atoms with Gasteiger partial charge in [-0.25, -0.2) is 13.8 Å². The molecular formula is C22H18F2N4O2. The maximum Gasteiger partial charge on any atom is 0.266 e. The molecule has 0 saturated carbocycles. The van der Waals surface area contributed by atoms with Crippen LogP contribution < -0.4 is 5.73 Å². The Kier molecular flexibility index (Phi) is 4.69. The number of aromatic hydroxyl groups is 1. The Morgan fingerprint density at radius 2 is 1.80 bits per heavy atom. The molecule has 1 atom stereocenters. The van der Waals surface area contributed by atoms with Crippen molar-refractivity contribution in [2.75, 3.05) is 7.05 Å². The summed E-state index contributed by atoms with van der Waals surface area (Å²) in [6.07, 6.45) is 1.41. The average molecular weight is 408 g/mol. The Morgan fingerprint density at radius 1 is 1.10 bits per heavy atom. The third-order valence-corrected chi connectivity index (χ3v) is 5.18. The third kappa shape index (κ3) is 2.97. The number of phenolic OH excluding ortho intramolecular Hbond substituents is 1. The van der Waals surface area contributed by atoms with E-state index in [2.05, 4.69) is 9.98 Å². The second kappa shape index (κ2) is 7.22. The van der Waals surface area contributed by atoms with Crippen LogP contribution in [-0.2, 0) is 17.0 Å². The van der Waals surface area contributed by atoms with Crippen molar-refractivity contribution in [1.29, 1.82) is 0 Å². The molecule has 0 bridgehead atoms. The SMILES string of the molecule is CN1C(=O)C(c2ccnc(CF)c2)(c2ccc(O)c(-c3ccc(F)cc3)c2)N=C1N. The quantitative estimate of drug-likeness (QED) is 0.694. The van der Waals surface area contributed by atoms with Gasteiger partial charge in [-0.3, -0.25) is 14.7 Å². The number of benzene rings is 2. The molecule has 1 aromatic heterocycles. The van der Waals surface area contributed by atoms with Crippen molar-refractivity contribution in [1.82, 2.24) is 9.88 Å². The summed E-state index contributed by atoms with van der Waals surface area (Å²) in [6.45, 7) is -0.802. The molecule has 1 unspecified atom stereocenters. The third-order valence-electron chi connectivity index (χ3n) is 5.18. The summed E-state index contributed by atoms with van der Waals surface area (Å²) in [5, 5.41) is 10.4. The highest BCUT2D eigenvalue weighted by atomic mass is 19.1. The van der Waals surface area contributed by atoms with Crippen molar-refractivity contribution in [3.63, 3.8) is 0 Å². The number of hydrogen-bond acceptors (Lipinski definition) is 5. The number of aromatic nitrogens is 1. The monoisotopic (exact) mass is 408 g/mol. The zero-order valence-corrected chi connectivity index (χ0v) is 16.0. The van der Waals surface area contributed by atoms with Crippen LogP contribution in [0.15, 0.2) is 65.8 Å². The number of carbonyl (C=O) groups is 1. The van der Waals surface area contributed by atoms with Gasteiger partial charge in [0.15, 0.2) is 11.5 Å². The minimum Gasteiger partial charge on any atom is -0.507 e. The van der Waals surface area contributed by atoms with Gasteiger partial charge in [-0.2, -0.15) is 0 Å². The van der Waals surface area contributed by atoms with E-state index in [1.54, 1.807) is 18.2 Å². The topological polar surface area (TPSA) is 91.8 Å². The molecule has 6 nitrogen and oxygen atoms in total. The Hall–Kier alpha value is -3.81. The van der Waals surface area contributed by atoms with Gasteiger partial charge in [0.05, 0.1) is 5.69 Å². The largest absolute Gasteiger partial charge is 0.507 e. The molecule has 4 rings (SSSR count). The number of alkyl halides is 1. The van der Waals surface area contributed by atoms with E-state index in [9.17, 15) is 18.7 Å². The van der Waals surface area contributed by atoms with E-state index in [0.717, 1.165) is 0 Å². The lowest BCUT2D eigenvalue weighted by atomic mass is 9.81. The zero-order chi connectivity index (χ0) is 21.5. The number of nitrogens with zero attached hydrogens (tertiary/aromatic N) is 3. The van der Waals surface area contributed by atoms with Crippen LogP contribution in [-0.4, -0.2) is 33.9 Å². The van der Waals surface area contributed by atoms with Gasteiger partial charge in [-0.15, -0.1) is 0 Å². The molecule has 0 fully saturated rings. The number of guanidine groups is 1. The number of halogens is 2. The summed E-state index contributed by atoms with van der Waals surface area (Å²) in [7, 11) is 1.50. The van der Waals surface area contributed by atoms with Crippen molar-refractivity contribution in [3.05, 3.63) is 83.4 Å².